The molecule has 1 aromatic carbocycles. The van der Waals surface area contributed by atoms with Gasteiger partial charge in [-0.05, 0) is 38.0 Å². The van der Waals surface area contributed by atoms with Gasteiger partial charge in [0.05, 0.1) is 5.56 Å². The van der Waals surface area contributed by atoms with Crippen LogP contribution in [0.25, 0.3) is 11.1 Å². The smallest absolute Gasteiger partial charge is 0.265 e. The van der Waals surface area contributed by atoms with Crippen molar-refractivity contribution in [2.75, 3.05) is 31.1 Å². The highest BCUT2D eigenvalue weighted by Gasteiger charge is 2.29. The molecule has 0 spiro atoms. The van der Waals surface area contributed by atoms with E-state index in [-0.39, 0.29) is 22.6 Å². The van der Waals surface area contributed by atoms with Gasteiger partial charge in [-0.1, -0.05) is 12.1 Å². The third kappa shape index (κ3) is 2.96. The Labute approximate surface area is 163 Å². The van der Waals surface area contributed by atoms with Crippen LogP contribution in [0, 0.1) is 20.8 Å². The number of amides is 1. The van der Waals surface area contributed by atoms with Crippen molar-refractivity contribution in [1.29, 1.82) is 0 Å². The first kappa shape index (κ1) is 18.3. The topological polar surface area (TPSA) is 71.6 Å². The van der Waals surface area contributed by atoms with Crippen LogP contribution in [-0.4, -0.2) is 46.5 Å². The van der Waals surface area contributed by atoms with Crippen molar-refractivity contribution in [1.82, 2.24) is 14.5 Å². The minimum Gasteiger partial charge on any atom is -0.442 e. The van der Waals surface area contributed by atoms with E-state index in [2.05, 4.69) is 41.9 Å². The summed E-state index contributed by atoms with van der Waals surface area (Å²) in [5.41, 5.74) is 3.97. The van der Waals surface area contributed by atoms with Crippen LogP contribution in [0.5, 0.6) is 0 Å². The number of rotatable bonds is 2. The van der Waals surface area contributed by atoms with Gasteiger partial charge in [0.2, 0.25) is 5.71 Å². The summed E-state index contributed by atoms with van der Waals surface area (Å²) in [6.45, 7) is 8.60. The Morgan fingerprint density at radius 2 is 1.82 bits per heavy atom. The van der Waals surface area contributed by atoms with Crippen molar-refractivity contribution >= 4 is 22.7 Å². The summed E-state index contributed by atoms with van der Waals surface area (Å²) in [5.74, 6) is 0.273. The van der Waals surface area contributed by atoms with Crippen molar-refractivity contribution in [3.63, 3.8) is 0 Å². The van der Waals surface area contributed by atoms with Crippen LogP contribution in [-0.2, 0) is 7.05 Å². The molecular formula is C21H24N4O3. The lowest BCUT2D eigenvalue weighted by Crippen LogP contribution is -2.49. The van der Waals surface area contributed by atoms with E-state index in [0.717, 1.165) is 13.1 Å². The van der Waals surface area contributed by atoms with E-state index in [1.165, 1.54) is 27.7 Å². The van der Waals surface area contributed by atoms with Gasteiger partial charge in [0.15, 0.2) is 0 Å². The number of fused-ring (bicyclic) bond motifs is 1. The highest BCUT2D eigenvalue weighted by molar-refractivity contribution is 6.06. The van der Waals surface area contributed by atoms with Gasteiger partial charge in [-0.3, -0.25) is 9.59 Å². The molecule has 0 N–H and O–H groups in total. The van der Waals surface area contributed by atoms with E-state index >= 15 is 0 Å². The number of carbonyl (C=O) groups excluding carboxylic acids is 1. The summed E-state index contributed by atoms with van der Waals surface area (Å²) in [6.07, 6.45) is 1.41. The minimum atomic E-state index is -0.265. The van der Waals surface area contributed by atoms with Gasteiger partial charge < -0.3 is 18.8 Å². The van der Waals surface area contributed by atoms with Gasteiger partial charge in [0, 0.05) is 38.9 Å². The molecule has 0 radical (unpaired) electrons. The number of benzene rings is 1. The molecule has 1 aliphatic heterocycles. The zero-order chi connectivity index (χ0) is 20.0. The standard InChI is InChI=1S/C21H24N4O3/c1-13-5-6-14(2)16(11-13)24-7-9-25(10-8-24)21(27)17-15(3)28-19-18(17)20(26)23(4)12-22-19/h5-6,11-12H,7-10H2,1-4H3. The third-order valence-electron chi connectivity index (χ3n) is 5.43. The SMILES string of the molecule is Cc1ccc(C)c(N2CCN(C(=O)c3c(C)oc4ncn(C)c(=O)c34)CC2)c1. The first-order valence-corrected chi connectivity index (χ1v) is 9.43. The molecule has 1 aliphatic rings. The Kier molecular flexibility index (Phi) is 4.45. The maximum atomic E-state index is 13.2. The number of nitrogens with zero attached hydrogens (tertiary/aromatic N) is 4. The number of carbonyl (C=O) groups is 1. The largest absolute Gasteiger partial charge is 0.442 e. The lowest BCUT2D eigenvalue weighted by Gasteiger charge is -2.37. The molecule has 1 fully saturated rings. The van der Waals surface area contributed by atoms with E-state index in [9.17, 15) is 9.59 Å². The van der Waals surface area contributed by atoms with Crippen LogP contribution >= 0.6 is 0 Å². The maximum Gasteiger partial charge on any atom is 0.265 e. The predicted octanol–water partition coefficient (Wildman–Crippen LogP) is 2.41. The summed E-state index contributed by atoms with van der Waals surface area (Å²) in [6, 6.07) is 6.43. The number of aromatic nitrogens is 2. The van der Waals surface area contributed by atoms with Gasteiger partial charge in [0.1, 0.15) is 17.5 Å². The fraction of sp³-hybridized carbons (Fsp3) is 0.381. The molecule has 0 aliphatic carbocycles. The number of aryl methyl sites for hydroxylation is 4. The molecule has 0 atom stereocenters. The first-order chi connectivity index (χ1) is 13.4. The number of furan rings is 1. The summed E-state index contributed by atoms with van der Waals surface area (Å²) in [4.78, 5) is 34.0. The number of piperazine rings is 1. The molecule has 28 heavy (non-hydrogen) atoms. The summed E-state index contributed by atoms with van der Waals surface area (Å²) in [5, 5.41) is 0.268. The Morgan fingerprint density at radius 1 is 1.11 bits per heavy atom. The Hall–Kier alpha value is -3.09. The molecule has 3 heterocycles. The van der Waals surface area contributed by atoms with Gasteiger partial charge in [-0.2, -0.15) is 0 Å². The van der Waals surface area contributed by atoms with E-state index in [1.807, 2.05) is 0 Å². The third-order valence-corrected chi connectivity index (χ3v) is 5.43. The molecule has 7 heteroatoms. The Bertz CT molecular complexity index is 1120. The molecule has 2 aromatic heterocycles. The molecule has 0 bridgehead atoms. The normalized spacial score (nSPS) is 14.7. The van der Waals surface area contributed by atoms with Crippen LogP contribution in [0.15, 0.2) is 33.7 Å². The molecule has 3 aromatic rings. The quantitative estimate of drug-likeness (QED) is 0.683. The highest BCUT2D eigenvalue weighted by Crippen LogP contribution is 2.25. The summed E-state index contributed by atoms with van der Waals surface area (Å²) in [7, 11) is 1.62. The van der Waals surface area contributed by atoms with Crippen molar-refractivity contribution in [3.05, 3.63) is 57.3 Å². The van der Waals surface area contributed by atoms with Crippen LogP contribution < -0.4 is 10.5 Å². The molecule has 1 saturated heterocycles. The zero-order valence-electron chi connectivity index (χ0n) is 16.7. The summed E-state index contributed by atoms with van der Waals surface area (Å²) >= 11 is 0. The number of hydrogen-bond acceptors (Lipinski definition) is 5. The molecule has 4 rings (SSSR count). The Morgan fingerprint density at radius 3 is 2.54 bits per heavy atom. The van der Waals surface area contributed by atoms with Gasteiger partial charge >= 0.3 is 0 Å². The molecular weight excluding hydrogens is 356 g/mol. The fourth-order valence-corrected chi connectivity index (χ4v) is 3.81. The molecule has 1 amide bonds. The first-order valence-electron chi connectivity index (χ1n) is 9.43. The monoisotopic (exact) mass is 380 g/mol. The van der Waals surface area contributed by atoms with E-state index in [1.54, 1.807) is 18.9 Å². The van der Waals surface area contributed by atoms with Gasteiger partial charge in [-0.25, -0.2) is 4.98 Å². The average Bonchev–Trinajstić information content (AvgIpc) is 3.03. The Balaban J connectivity index is 1.59. The second kappa shape index (κ2) is 6.82. The number of hydrogen-bond donors (Lipinski definition) is 0. The average molecular weight is 380 g/mol. The predicted molar refractivity (Wildman–Crippen MR) is 108 cm³/mol. The van der Waals surface area contributed by atoms with Crippen molar-refractivity contribution < 1.29 is 9.21 Å². The van der Waals surface area contributed by atoms with E-state index < -0.39 is 0 Å². The second-order valence-corrected chi connectivity index (χ2v) is 7.44. The van der Waals surface area contributed by atoms with Crippen LogP contribution in [0.3, 0.4) is 0 Å². The zero-order valence-corrected chi connectivity index (χ0v) is 16.7. The highest BCUT2D eigenvalue weighted by atomic mass is 16.3. The second-order valence-electron chi connectivity index (χ2n) is 7.44. The van der Waals surface area contributed by atoms with E-state index in [0.29, 0.717) is 24.4 Å². The van der Waals surface area contributed by atoms with E-state index in [4.69, 9.17) is 4.42 Å². The van der Waals surface area contributed by atoms with Gasteiger partial charge in [-0.15, -0.1) is 0 Å². The van der Waals surface area contributed by atoms with Crippen molar-refractivity contribution in [2.24, 2.45) is 7.05 Å². The van der Waals surface area contributed by atoms with Crippen molar-refractivity contribution in [3.8, 4) is 0 Å². The van der Waals surface area contributed by atoms with Crippen molar-refractivity contribution in [2.45, 2.75) is 20.8 Å². The number of anilines is 1. The molecule has 0 saturated carbocycles. The van der Waals surface area contributed by atoms with Crippen LogP contribution in [0.2, 0.25) is 0 Å². The minimum absolute atomic E-state index is 0.165. The van der Waals surface area contributed by atoms with Crippen LogP contribution in [0.4, 0.5) is 5.69 Å². The fourth-order valence-electron chi connectivity index (χ4n) is 3.81. The lowest BCUT2D eigenvalue weighted by atomic mass is 10.1. The van der Waals surface area contributed by atoms with Gasteiger partial charge in [0.25, 0.3) is 11.5 Å². The molecule has 7 nitrogen and oxygen atoms in total. The molecule has 146 valence electrons. The van der Waals surface area contributed by atoms with Crippen LogP contribution in [0.1, 0.15) is 27.2 Å². The lowest BCUT2D eigenvalue weighted by molar-refractivity contribution is 0.0746. The maximum absolute atomic E-state index is 13.2. The summed E-state index contributed by atoms with van der Waals surface area (Å²) < 4.78 is 6.95. The molecule has 0 unspecified atom stereocenters.